The van der Waals surface area contributed by atoms with E-state index >= 15 is 0 Å². The second-order valence-corrected chi connectivity index (χ2v) is 5.64. The number of thioether (sulfide) groups is 1. The van der Waals surface area contributed by atoms with Crippen molar-refractivity contribution < 1.29 is 4.79 Å². The molecule has 2 N–H and O–H groups in total. The van der Waals surface area contributed by atoms with Gasteiger partial charge in [0.2, 0.25) is 5.91 Å². The lowest BCUT2D eigenvalue weighted by Gasteiger charge is -2.32. The molecule has 1 aliphatic heterocycles. The zero-order valence-corrected chi connectivity index (χ0v) is 8.77. The lowest BCUT2D eigenvalue weighted by Crippen LogP contribution is -2.50. The van der Waals surface area contributed by atoms with E-state index in [9.17, 15) is 4.79 Å². The van der Waals surface area contributed by atoms with Crippen LogP contribution in [0.1, 0.15) is 19.8 Å². The molecule has 0 aromatic carbocycles. The van der Waals surface area contributed by atoms with Gasteiger partial charge in [-0.25, -0.2) is 0 Å². The van der Waals surface area contributed by atoms with Gasteiger partial charge in [0.25, 0.3) is 0 Å². The summed E-state index contributed by atoms with van der Waals surface area (Å²) in [6.07, 6.45) is 1.76. The van der Waals surface area contributed by atoms with Gasteiger partial charge in [-0.1, -0.05) is 6.92 Å². The first-order valence-corrected chi connectivity index (χ1v) is 5.86. The van der Waals surface area contributed by atoms with Gasteiger partial charge in [0, 0.05) is 24.1 Å². The van der Waals surface area contributed by atoms with Crippen LogP contribution in [0.15, 0.2) is 0 Å². The third-order valence-corrected chi connectivity index (χ3v) is 3.88. The number of amides is 1. The summed E-state index contributed by atoms with van der Waals surface area (Å²) in [4.78, 5) is 13.8. The lowest BCUT2D eigenvalue weighted by molar-refractivity contribution is -0.133. The van der Waals surface area contributed by atoms with Crippen LogP contribution in [0.2, 0.25) is 0 Å². The molecule has 0 aromatic rings. The molecule has 2 rings (SSSR count). The van der Waals surface area contributed by atoms with Crippen LogP contribution in [0.4, 0.5) is 0 Å². The molecule has 0 aromatic heterocycles. The van der Waals surface area contributed by atoms with Crippen molar-refractivity contribution in [3.05, 3.63) is 0 Å². The number of hydrogen-bond donors (Lipinski definition) is 1. The highest BCUT2D eigenvalue weighted by Crippen LogP contribution is 2.35. The predicted molar refractivity (Wildman–Crippen MR) is 54.7 cm³/mol. The minimum Gasteiger partial charge on any atom is -0.339 e. The van der Waals surface area contributed by atoms with Crippen molar-refractivity contribution in [3.8, 4) is 0 Å². The van der Waals surface area contributed by atoms with E-state index in [0.29, 0.717) is 5.25 Å². The van der Waals surface area contributed by atoms with Gasteiger partial charge >= 0.3 is 0 Å². The van der Waals surface area contributed by atoms with E-state index in [2.05, 4.69) is 6.92 Å². The van der Waals surface area contributed by atoms with Gasteiger partial charge in [0.15, 0.2) is 0 Å². The number of carbonyl (C=O) groups excluding carboxylic acids is 1. The second-order valence-electron chi connectivity index (χ2n) is 4.09. The Balaban J connectivity index is 1.96. The lowest BCUT2D eigenvalue weighted by atomic mass is 10.2. The maximum atomic E-state index is 11.8. The molecular weight excluding hydrogens is 184 g/mol. The minimum atomic E-state index is -0.471. The molecule has 3 nitrogen and oxygen atoms in total. The fraction of sp³-hybridized carbons (Fsp3) is 0.889. The first kappa shape index (κ1) is 9.34. The third-order valence-electron chi connectivity index (χ3n) is 2.74. The topological polar surface area (TPSA) is 46.3 Å². The molecule has 1 aliphatic carbocycles. The molecule has 74 valence electrons. The van der Waals surface area contributed by atoms with Crippen LogP contribution >= 0.6 is 11.8 Å². The average Bonchev–Trinajstić information content (AvgIpc) is 2.84. The van der Waals surface area contributed by atoms with Gasteiger partial charge in [-0.3, -0.25) is 4.79 Å². The molecule has 0 spiro atoms. The molecule has 2 aliphatic rings. The quantitative estimate of drug-likeness (QED) is 0.668. The van der Waals surface area contributed by atoms with Crippen molar-refractivity contribution in [3.63, 3.8) is 0 Å². The van der Waals surface area contributed by atoms with E-state index in [1.165, 1.54) is 0 Å². The van der Waals surface area contributed by atoms with E-state index < -0.39 is 5.54 Å². The summed E-state index contributed by atoms with van der Waals surface area (Å²) >= 11 is 1.94. The van der Waals surface area contributed by atoms with Crippen LogP contribution in [0.5, 0.6) is 0 Å². The summed E-state index contributed by atoms with van der Waals surface area (Å²) in [6.45, 7) is 3.93. The number of nitrogens with two attached hydrogens (primary N) is 1. The largest absolute Gasteiger partial charge is 0.339 e. The van der Waals surface area contributed by atoms with Crippen LogP contribution in [0, 0.1) is 0 Å². The van der Waals surface area contributed by atoms with Crippen molar-refractivity contribution in [2.75, 3.05) is 18.8 Å². The van der Waals surface area contributed by atoms with Crippen molar-refractivity contribution >= 4 is 17.7 Å². The van der Waals surface area contributed by atoms with Crippen molar-refractivity contribution in [2.45, 2.75) is 30.6 Å². The zero-order valence-electron chi connectivity index (χ0n) is 7.95. The normalized spacial score (nSPS) is 31.5. The average molecular weight is 200 g/mol. The molecule has 1 unspecified atom stereocenters. The molecule has 13 heavy (non-hydrogen) atoms. The first-order valence-electron chi connectivity index (χ1n) is 4.82. The highest BCUT2D eigenvalue weighted by molar-refractivity contribution is 7.99. The Morgan fingerprint density at radius 1 is 1.62 bits per heavy atom. The molecule has 0 bridgehead atoms. The molecule has 2 fully saturated rings. The first-order chi connectivity index (χ1) is 6.12. The number of rotatable bonds is 1. The molecule has 0 radical (unpaired) electrons. The molecule has 1 saturated heterocycles. The van der Waals surface area contributed by atoms with Crippen molar-refractivity contribution in [1.82, 2.24) is 4.90 Å². The predicted octanol–water partition coefficient (Wildman–Crippen LogP) is 0.442. The Morgan fingerprint density at radius 3 is 2.85 bits per heavy atom. The molecule has 1 amide bonds. The van der Waals surface area contributed by atoms with Gasteiger partial charge in [0.05, 0.1) is 5.54 Å². The zero-order chi connectivity index (χ0) is 9.47. The van der Waals surface area contributed by atoms with Gasteiger partial charge < -0.3 is 10.6 Å². The summed E-state index contributed by atoms with van der Waals surface area (Å²) in [5, 5.41) is 0.569. The highest BCUT2D eigenvalue weighted by atomic mass is 32.2. The second kappa shape index (κ2) is 3.17. The summed E-state index contributed by atoms with van der Waals surface area (Å²) in [6, 6.07) is 0. The summed E-state index contributed by atoms with van der Waals surface area (Å²) in [5.41, 5.74) is 5.40. The van der Waals surface area contributed by atoms with E-state index in [-0.39, 0.29) is 5.91 Å². The van der Waals surface area contributed by atoms with Crippen LogP contribution in [-0.2, 0) is 4.79 Å². The Kier molecular flexibility index (Phi) is 2.28. The third kappa shape index (κ3) is 1.83. The van der Waals surface area contributed by atoms with Crippen LogP contribution < -0.4 is 5.73 Å². The van der Waals surface area contributed by atoms with Gasteiger partial charge in [-0.05, 0) is 12.8 Å². The van der Waals surface area contributed by atoms with Gasteiger partial charge in [-0.2, -0.15) is 11.8 Å². The summed E-state index contributed by atoms with van der Waals surface area (Å²) in [7, 11) is 0. The molecule has 1 saturated carbocycles. The summed E-state index contributed by atoms with van der Waals surface area (Å²) < 4.78 is 0. The van der Waals surface area contributed by atoms with Crippen LogP contribution in [0.3, 0.4) is 0 Å². The fourth-order valence-electron chi connectivity index (χ4n) is 1.67. The summed E-state index contributed by atoms with van der Waals surface area (Å²) in [5.74, 6) is 1.24. The van der Waals surface area contributed by atoms with E-state index in [0.717, 1.165) is 31.7 Å². The van der Waals surface area contributed by atoms with Crippen LogP contribution in [0.25, 0.3) is 0 Å². The fourth-order valence-corrected chi connectivity index (χ4v) is 2.68. The number of hydrogen-bond acceptors (Lipinski definition) is 3. The SMILES string of the molecule is CC1CN(C(=O)C2(N)CC2)CCS1. The van der Waals surface area contributed by atoms with Crippen molar-refractivity contribution in [1.29, 1.82) is 0 Å². The Labute approximate surface area is 83.0 Å². The molecule has 1 heterocycles. The number of nitrogens with zero attached hydrogens (tertiary/aromatic N) is 1. The Bertz CT molecular complexity index is 228. The monoisotopic (exact) mass is 200 g/mol. The number of carbonyl (C=O) groups is 1. The maximum absolute atomic E-state index is 11.8. The Hall–Kier alpha value is -0.220. The standard InChI is InChI=1S/C9H16N2OS/c1-7-6-11(4-5-13-7)8(12)9(10)2-3-9/h7H,2-6,10H2,1H3. The maximum Gasteiger partial charge on any atom is 0.242 e. The minimum absolute atomic E-state index is 0.180. The van der Waals surface area contributed by atoms with E-state index in [1.54, 1.807) is 0 Å². The smallest absolute Gasteiger partial charge is 0.242 e. The molecule has 1 atom stereocenters. The van der Waals surface area contributed by atoms with Gasteiger partial charge in [-0.15, -0.1) is 0 Å². The highest BCUT2D eigenvalue weighted by Gasteiger charge is 2.48. The van der Waals surface area contributed by atoms with Crippen molar-refractivity contribution in [2.24, 2.45) is 5.73 Å². The van der Waals surface area contributed by atoms with E-state index in [4.69, 9.17) is 5.73 Å². The van der Waals surface area contributed by atoms with Crippen LogP contribution in [-0.4, -0.2) is 40.4 Å². The Morgan fingerprint density at radius 2 is 2.31 bits per heavy atom. The molecular formula is C9H16N2OS. The van der Waals surface area contributed by atoms with E-state index in [1.807, 2.05) is 16.7 Å². The molecule has 4 heteroatoms. The van der Waals surface area contributed by atoms with Gasteiger partial charge in [0.1, 0.15) is 0 Å².